The number of ether oxygens (including phenoxy) is 2. The smallest absolute Gasteiger partial charge is 0.416 e. The molecule has 2 aliphatic heterocycles. The first kappa shape index (κ1) is 23.1. The number of nitrogens with zero attached hydrogens (tertiary/aromatic N) is 1. The number of rotatable bonds is 4. The molecular formula is C25H18F4N4O4. The van der Waals surface area contributed by atoms with Crippen molar-refractivity contribution in [2.75, 3.05) is 10.6 Å². The molecule has 190 valence electrons. The standard InChI is InChI=1S/C25H18F4N4O4/c26-15-9-11(25(27,28)29)1-4-16(15)31-24(35)33-21-20-14-10-12(2-5-17(14)37-22(20)21)36-18-7-8-30-23-13(18)3-6-19(34)32-23/h1-2,4-5,7-10,20-22H,3,6H2,(H,30,32,34)(H2,31,33,35)/t20-,21-,22?/m0/s1. The van der Waals surface area contributed by atoms with Gasteiger partial charge in [0.15, 0.2) is 0 Å². The Kier molecular flexibility index (Phi) is 5.21. The summed E-state index contributed by atoms with van der Waals surface area (Å²) in [5.41, 5.74) is 0.109. The van der Waals surface area contributed by atoms with Gasteiger partial charge in [-0.3, -0.25) is 4.79 Å². The summed E-state index contributed by atoms with van der Waals surface area (Å²) in [7, 11) is 0. The van der Waals surface area contributed by atoms with E-state index >= 15 is 0 Å². The summed E-state index contributed by atoms with van der Waals surface area (Å²) in [6, 6.07) is 7.77. The van der Waals surface area contributed by atoms with Crippen LogP contribution in [0.5, 0.6) is 17.2 Å². The van der Waals surface area contributed by atoms with Gasteiger partial charge in [0.1, 0.15) is 35.0 Å². The third kappa shape index (κ3) is 4.28. The molecule has 3 amide bonds. The molecule has 6 rings (SSSR count). The summed E-state index contributed by atoms with van der Waals surface area (Å²) in [6.45, 7) is 0. The van der Waals surface area contributed by atoms with Crippen molar-refractivity contribution in [3.05, 3.63) is 71.2 Å². The van der Waals surface area contributed by atoms with Crippen molar-refractivity contribution in [1.82, 2.24) is 10.3 Å². The van der Waals surface area contributed by atoms with E-state index in [4.69, 9.17) is 9.47 Å². The van der Waals surface area contributed by atoms with Crippen LogP contribution in [0.25, 0.3) is 0 Å². The Balaban J connectivity index is 1.12. The molecule has 3 heterocycles. The summed E-state index contributed by atoms with van der Waals surface area (Å²) in [4.78, 5) is 28.2. The van der Waals surface area contributed by atoms with Crippen LogP contribution in [0.1, 0.15) is 29.0 Å². The van der Waals surface area contributed by atoms with E-state index in [2.05, 4.69) is 20.9 Å². The minimum Gasteiger partial charge on any atom is -0.487 e. The highest BCUT2D eigenvalue weighted by Crippen LogP contribution is 2.54. The first-order valence-electron chi connectivity index (χ1n) is 11.4. The molecule has 3 aliphatic rings. The van der Waals surface area contributed by atoms with Crippen LogP contribution in [0.3, 0.4) is 0 Å². The molecule has 2 aromatic carbocycles. The highest BCUT2D eigenvalue weighted by Gasteiger charge is 2.59. The Morgan fingerprint density at radius 2 is 1.97 bits per heavy atom. The quantitative estimate of drug-likeness (QED) is 0.427. The average Bonchev–Trinajstić information content (AvgIpc) is 3.35. The van der Waals surface area contributed by atoms with E-state index in [-0.39, 0.29) is 23.6 Å². The molecule has 1 aromatic heterocycles. The maximum absolute atomic E-state index is 14.1. The third-order valence-electron chi connectivity index (χ3n) is 6.50. The summed E-state index contributed by atoms with van der Waals surface area (Å²) >= 11 is 0. The van der Waals surface area contributed by atoms with Gasteiger partial charge in [0.2, 0.25) is 5.91 Å². The number of benzene rings is 2. The summed E-state index contributed by atoms with van der Waals surface area (Å²) in [6.07, 6.45) is -2.62. The van der Waals surface area contributed by atoms with Crippen molar-refractivity contribution in [2.24, 2.45) is 0 Å². The number of anilines is 2. The van der Waals surface area contributed by atoms with Gasteiger partial charge in [0.25, 0.3) is 0 Å². The first-order chi connectivity index (χ1) is 17.7. The lowest BCUT2D eigenvalue weighted by atomic mass is 10.1. The lowest BCUT2D eigenvalue weighted by molar-refractivity contribution is -0.137. The predicted octanol–water partition coefficient (Wildman–Crippen LogP) is 4.97. The topological polar surface area (TPSA) is 102 Å². The number of hydrogen-bond donors (Lipinski definition) is 3. The number of carbonyl (C=O) groups is 2. The Hall–Kier alpha value is -4.35. The highest BCUT2D eigenvalue weighted by atomic mass is 19.4. The lowest BCUT2D eigenvalue weighted by Crippen LogP contribution is -2.34. The zero-order chi connectivity index (χ0) is 25.9. The van der Waals surface area contributed by atoms with Crippen molar-refractivity contribution in [2.45, 2.75) is 37.1 Å². The number of nitrogens with one attached hydrogen (secondary N) is 3. The fourth-order valence-electron chi connectivity index (χ4n) is 4.66. The molecule has 1 fully saturated rings. The van der Waals surface area contributed by atoms with Crippen molar-refractivity contribution in [3.8, 4) is 17.2 Å². The number of carbonyl (C=O) groups excluding carboxylic acids is 2. The second-order valence-corrected chi connectivity index (χ2v) is 8.91. The fourth-order valence-corrected chi connectivity index (χ4v) is 4.66. The zero-order valence-electron chi connectivity index (χ0n) is 18.9. The maximum Gasteiger partial charge on any atom is 0.416 e. The van der Waals surface area contributed by atoms with Gasteiger partial charge in [-0.05, 0) is 48.9 Å². The van der Waals surface area contributed by atoms with Gasteiger partial charge in [-0.15, -0.1) is 0 Å². The highest BCUT2D eigenvalue weighted by molar-refractivity contribution is 5.93. The number of pyridine rings is 1. The second kappa shape index (κ2) is 8.36. The molecule has 0 bridgehead atoms. The SMILES string of the molecule is O=C1CCc2c(Oc3ccc4c(c3)[C@@H]3C(O4)[C@H]3NC(=O)Nc3ccc(C(F)(F)F)cc3F)ccnc2N1. The van der Waals surface area contributed by atoms with Gasteiger partial charge < -0.3 is 25.4 Å². The van der Waals surface area contributed by atoms with E-state index in [1.807, 2.05) is 6.07 Å². The van der Waals surface area contributed by atoms with Crippen molar-refractivity contribution < 1.29 is 36.6 Å². The van der Waals surface area contributed by atoms with Gasteiger partial charge in [0.05, 0.1) is 23.2 Å². The number of fused-ring (bicyclic) bond motifs is 4. The molecule has 12 heteroatoms. The molecule has 3 N–H and O–H groups in total. The molecule has 3 atom stereocenters. The van der Waals surface area contributed by atoms with Crippen molar-refractivity contribution in [3.63, 3.8) is 0 Å². The number of amides is 3. The molecule has 8 nitrogen and oxygen atoms in total. The number of halogens is 4. The first-order valence-corrected chi connectivity index (χ1v) is 11.4. The van der Waals surface area contributed by atoms with Gasteiger partial charge in [0, 0.05) is 23.7 Å². The second-order valence-electron chi connectivity index (χ2n) is 8.91. The Labute approximate surface area is 207 Å². The van der Waals surface area contributed by atoms with E-state index < -0.39 is 29.6 Å². The normalized spacial score (nSPS) is 21.1. The van der Waals surface area contributed by atoms with Crippen LogP contribution in [0.4, 0.5) is 33.9 Å². The van der Waals surface area contributed by atoms with E-state index in [0.29, 0.717) is 48.0 Å². The number of hydrogen-bond acceptors (Lipinski definition) is 5. The van der Waals surface area contributed by atoms with Gasteiger partial charge >= 0.3 is 12.2 Å². The Bertz CT molecular complexity index is 1440. The van der Waals surface area contributed by atoms with Crippen molar-refractivity contribution >= 4 is 23.4 Å². The maximum atomic E-state index is 14.1. The molecule has 0 spiro atoms. The fraction of sp³-hybridized carbons (Fsp3) is 0.240. The molecule has 37 heavy (non-hydrogen) atoms. The molecule has 0 radical (unpaired) electrons. The third-order valence-corrected chi connectivity index (χ3v) is 6.50. The van der Waals surface area contributed by atoms with Gasteiger partial charge in [-0.2, -0.15) is 13.2 Å². The zero-order valence-corrected chi connectivity index (χ0v) is 18.9. The van der Waals surface area contributed by atoms with E-state index in [1.54, 1.807) is 24.4 Å². The largest absolute Gasteiger partial charge is 0.487 e. The van der Waals surface area contributed by atoms with Gasteiger partial charge in [-0.1, -0.05) is 0 Å². The van der Waals surface area contributed by atoms with Crippen LogP contribution < -0.4 is 25.4 Å². The van der Waals surface area contributed by atoms with Crippen LogP contribution in [0.2, 0.25) is 0 Å². The Morgan fingerprint density at radius 3 is 2.76 bits per heavy atom. The molecule has 3 aromatic rings. The molecular weight excluding hydrogens is 496 g/mol. The van der Waals surface area contributed by atoms with Crippen LogP contribution in [0, 0.1) is 5.82 Å². The lowest BCUT2D eigenvalue weighted by Gasteiger charge is -2.19. The Morgan fingerprint density at radius 1 is 1.14 bits per heavy atom. The minimum absolute atomic E-state index is 0.102. The van der Waals surface area contributed by atoms with Crippen LogP contribution in [-0.4, -0.2) is 29.1 Å². The van der Waals surface area contributed by atoms with E-state index in [9.17, 15) is 27.2 Å². The monoisotopic (exact) mass is 514 g/mol. The summed E-state index contributed by atoms with van der Waals surface area (Å²) in [5.74, 6) is 0.780. The molecule has 1 saturated carbocycles. The van der Waals surface area contributed by atoms with Crippen LogP contribution >= 0.6 is 0 Å². The van der Waals surface area contributed by atoms with Crippen LogP contribution in [-0.2, 0) is 17.4 Å². The summed E-state index contributed by atoms with van der Waals surface area (Å²) < 4.78 is 64.2. The number of alkyl halides is 3. The van der Waals surface area contributed by atoms with E-state index in [1.165, 1.54) is 0 Å². The molecule has 1 unspecified atom stereocenters. The van der Waals surface area contributed by atoms with Gasteiger partial charge in [-0.25, -0.2) is 14.2 Å². The van der Waals surface area contributed by atoms with Crippen LogP contribution in [0.15, 0.2) is 48.7 Å². The minimum atomic E-state index is -4.69. The molecule has 0 saturated heterocycles. The number of urea groups is 1. The summed E-state index contributed by atoms with van der Waals surface area (Å²) in [5, 5.41) is 7.65. The van der Waals surface area contributed by atoms with E-state index in [0.717, 1.165) is 17.2 Å². The number of aromatic nitrogens is 1. The predicted molar refractivity (Wildman–Crippen MR) is 122 cm³/mol. The van der Waals surface area contributed by atoms with Crippen molar-refractivity contribution in [1.29, 1.82) is 0 Å². The average molecular weight is 514 g/mol. The molecule has 1 aliphatic carbocycles.